The average Bonchev–Trinajstić information content (AvgIpc) is 3.37. The molecule has 11 heteroatoms. The highest BCUT2D eigenvalue weighted by molar-refractivity contribution is 7.18. The zero-order valence-corrected chi connectivity index (χ0v) is 19.4. The fourth-order valence-electron chi connectivity index (χ4n) is 4.21. The van der Waals surface area contributed by atoms with Crippen molar-refractivity contribution in [3.05, 3.63) is 46.6 Å². The predicted molar refractivity (Wildman–Crippen MR) is 124 cm³/mol. The molecule has 1 fully saturated rings. The highest BCUT2D eigenvalue weighted by Gasteiger charge is 2.27. The monoisotopic (exact) mass is 466 g/mol. The maximum atomic E-state index is 14.3. The summed E-state index contributed by atoms with van der Waals surface area (Å²) in [6.07, 6.45) is 3.03. The lowest BCUT2D eigenvalue weighted by Gasteiger charge is -2.32. The summed E-state index contributed by atoms with van der Waals surface area (Å²) in [7, 11) is 0. The van der Waals surface area contributed by atoms with Gasteiger partial charge in [0.15, 0.2) is 5.82 Å². The van der Waals surface area contributed by atoms with Crippen molar-refractivity contribution in [3.8, 4) is 5.69 Å². The van der Waals surface area contributed by atoms with E-state index >= 15 is 0 Å². The molecule has 9 nitrogen and oxygen atoms in total. The van der Waals surface area contributed by atoms with Crippen molar-refractivity contribution in [2.24, 2.45) is 5.92 Å². The predicted octanol–water partition coefficient (Wildman–Crippen LogP) is 3.59. The largest absolute Gasteiger partial charge is 0.356 e. The number of hydrogen-bond acceptors (Lipinski definition) is 8. The standard InChI is InChI=1S/C22H23FN8OS/c1-12-13(2)33-22-19(12)20(24-11-25-22)30-8-6-15(7-9-30)21(32)26-16-4-5-17(23)18(10-16)31-14(3)27-28-29-31/h4-5,10-11,15H,6-9H2,1-3H3,(H,26,32). The van der Waals surface area contributed by atoms with E-state index in [4.69, 9.17) is 0 Å². The Morgan fingerprint density at radius 1 is 1.18 bits per heavy atom. The van der Waals surface area contributed by atoms with Crippen LogP contribution >= 0.6 is 11.3 Å². The van der Waals surface area contributed by atoms with Crippen LogP contribution in [0.3, 0.4) is 0 Å². The van der Waals surface area contributed by atoms with Crippen LogP contribution in [0.25, 0.3) is 15.9 Å². The van der Waals surface area contributed by atoms with E-state index in [2.05, 4.69) is 49.6 Å². The zero-order chi connectivity index (χ0) is 23.1. The van der Waals surface area contributed by atoms with Gasteiger partial charge in [-0.2, -0.15) is 4.68 Å². The number of amides is 1. The normalized spacial score (nSPS) is 14.7. The Bertz CT molecular complexity index is 1340. The van der Waals surface area contributed by atoms with Crippen LogP contribution in [0.2, 0.25) is 0 Å². The minimum absolute atomic E-state index is 0.0731. The number of hydrogen-bond donors (Lipinski definition) is 1. The number of rotatable bonds is 4. The van der Waals surface area contributed by atoms with Crippen LogP contribution in [0.5, 0.6) is 0 Å². The highest BCUT2D eigenvalue weighted by Crippen LogP contribution is 2.35. The van der Waals surface area contributed by atoms with Gasteiger partial charge in [-0.1, -0.05) is 0 Å². The SMILES string of the molecule is Cc1sc2ncnc(N3CCC(C(=O)Nc4ccc(F)c(-n5nnnc5C)c4)CC3)c2c1C. The molecule has 33 heavy (non-hydrogen) atoms. The van der Waals surface area contributed by atoms with Crippen molar-refractivity contribution < 1.29 is 9.18 Å². The van der Waals surface area contributed by atoms with E-state index in [0.29, 0.717) is 24.4 Å². The molecule has 5 rings (SSSR count). The lowest BCUT2D eigenvalue weighted by Crippen LogP contribution is -2.38. The van der Waals surface area contributed by atoms with Crippen LogP contribution in [0.1, 0.15) is 29.1 Å². The minimum Gasteiger partial charge on any atom is -0.356 e. The van der Waals surface area contributed by atoms with Gasteiger partial charge in [0, 0.05) is 29.6 Å². The van der Waals surface area contributed by atoms with Crippen LogP contribution < -0.4 is 10.2 Å². The number of nitrogens with zero attached hydrogens (tertiary/aromatic N) is 7. The third-order valence-corrected chi connectivity index (χ3v) is 7.29. The van der Waals surface area contributed by atoms with Gasteiger partial charge in [0.05, 0.1) is 5.39 Å². The highest BCUT2D eigenvalue weighted by atomic mass is 32.1. The van der Waals surface area contributed by atoms with Crippen LogP contribution in [0.15, 0.2) is 24.5 Å². The maximum Gasteiger partial charge on any atom is 0.227 e. The molecule has 3 aromatic heterocycles. The number of thiophene rings is 1. The Kier molecular flexibility index (Phi) is 5.49. The number of fused-ring (bicyclic) bond motifs is 1. The molecule has 1 aliphatic rings. The third kappa shape index (κ3) is 3.92. The van der Waals surface area contributed by atoms with E-state index in [-0.39, 0.29) is 17.5 Å². The summed E-state index contributed by atoms with van der Waals surface area (Å²) in [5.74, 6) is 0.732. The van der Waals surface area contributed by atoms with Gasteiger partial charge in [0.2, 0.25) is 5.91 Å². The first-order valence-corrected chi connectivity index (χ1v) is 11.6. The minimum atomic E-state index is -0.466. The number of nitrogens with one attached hydrogen (secondary N) is 1. The van der Waals surface area contributed by atoms with Crippen molar-refractivity contribution in [1.29, 1.82) is 0 Å². The molecule has 1 amide bonds. The van der Waals surface area contributed by atoms with Crippen LogP contribution in [-0.2, 0) is 4.79 Å². The summed E-state index contributed by atoms with van der Waals surface area (Å²) in [6, 6.07) is 4.40. The summed E-state index contributed by atoms with van der Waals surface area (Å²) in [5, 5.41) is 15.2. The number of carbonyl (C=O) groups is 1. The second-order valence-corrected chi connectivity index (χ2v) is 9.42. The van der Waals surface area contributed by atoms with Crippen molar-refractivity contribution in [2.75, 3.05) is 23.3 Å². The Morgan fingerprint density at radius 2 is 1.97 bits per heavy atom. The van der Waals surface area contributed by atoms with Crippen molar-refractivity contribution >= 4 is 39.0 Å². The van der Waals surface area contributed by atoms with E-state index in [0.717, 1.165) is 29.1 Å². The first kappa shape index (κ1) is 21.4. The molecule has 1 aromatic carbocycles. The van der Waals surface area contributed by atoms with Gasteiger partial charge in [-0.25, -0.2) is 14.4 Å². The van der Waals surface area contributed by atoms with Gasteiger partial charge in [-0.15, -0.1) is 16.4 Å². The Balaban J connectivity index is 1.28. The molecular weight excluding hydrogens is 443 g/mol. The lowest BCUT2D eigenvalue weighted by molar-refractivity contribution is -0.120. The number of benzene rings is 1. The molecule has 1 aliphatic heterocycles. The fourth-order valence-corrected chi connectivity index (χ4v) is 5.20. The summed E-state index contributed by atoms with van der Waals surface area (Å²) in [5.41, 5.74) is 1.92. The molecule has 0 unspecified atom stereocenters. The van der Waals surface area contributed by atoms with E-state index in [9.17, 15) is 9.18 Å². The number of piperidine rings is 1. The molecule has 0 aliphatic carbocycles. The smallest absolute Gasteiger partial charge is 0.227 e. The van der Waals surface area contributed by atoms with E-state index in [1.54, 1.807) is 36.7 Å². The molecule has 0 radical (unpaired) electrons. The fraction of sp³-hybridized carbons (Fsp3) is 0.364. The topological polar surface area (TPSA) is 102 Å². The van der Waals surface area contributed by atoms with Gasteiger partial charge in [0.25, 0.3) is 0 Å². The summed E-state index contributed by atoms with van der Waals surface area (Å²) < 4.78 is 15.6. The number of anilines is 2. The maximum absolute atomic E-state index is 14.3. The molecule has 1 saturated heterocycles. The van der Waals surface area contributed by atoms with Gasteiger partial charge in [-0.3, -0.25) is 4.79 Å². The first-order chi connectivity index (χ1) is 15.9. The van der Waals surface area contributed by atoms with E-state index in [1.807, 2.05) is 0 Å². The van der Waals surface area contributed by atoms with E-state index < -0.39 is 5.82 Å². The number of tetrazole rings is 1. The second-order valence-electron chi connectivity index (χ2n) is 8.22. The Morgan fingerprint density at radius 3 is 2.70 bits per heavy atom. The number of aromatic nitrogens is 6. The molecule has 170 valence electrons. The van der Waals surface area contributed by atoms with Gasteiger partial charge in [0.1, 0.15) is 28.5 Å². The molecular formula is C22H23FN8OS. The third-order valence-electron chi connectivity index (χ3n) is 6.18. The molecule has 0 atom stereocenters. The summed E-state index contributed by atoms with van der Waals surface area (Å²) >= 11 is 1.68. The average molecular weight is 467 g/mol. The quantitative estimate of drug-likeness (QED) is 0.490. The number of halogens is 1. The Labute approximate surface area is 193 Å². The molecule has 0 bridgehead atoms. The molecule has 1 N–H and O–H groups in total. The van der Waals surface area contributed by atoms with Crippen molar-refractivity contribution in [3.63, 3.8) is 0 Å². The number of carbonyl (C=O) groups excluding carboxylic acids is 1. The van der Waals surface area contributed by atoms with Crippen LogP contribution in [-0.4, -0.2) is 49.2 Å². The second kappa shape index (κ2) is 8.47. The molecule has 0 spiro atoms. The zero-order valence-electron chi connectivity index (χ0n) is 18.5. The van der Waals surface area contributed by atoms with Crippen molar-refractivity contribution in [2.45, 2.75) is 33.6 Å². The number of aryl methyl sites for hydroxylation is 3. The van der Waals surface area contributed by atoms with Gasteiger partial charge in [-0.05, 0) is 67.8 Å². The van der Waals surface area contributed by atoms with Gasteiger partial charge < -0.3 is 10.2 Å². The van der Waals surface area contributed by atoms with Crippen molar-refractivity contribution in [1.82, 2.24) is 30.2 Å². The Hall–Kier alpha value is -3.47. The summed E-state index contributed by atoms with van der Waals surface area (Å²) in [4.78, 5) is 26.4. The molecule has 0 saturated carbocycles. The molecule has 4 heterocycles. The molecule has 4 aromatic rings. The van der Waals surface area contributed by atoms with Crippen LogP contribution in [0.4, 0.5) is 15.9 Å². The summed E-state index contributed by atoms with van der Waals surface area (Å²) in [6.45, 7) is 7.36. The first-order valence-electron chi connectivity index (χ1n) is 10.7. The lowest BCUT2D eigenvalue weighted by atomic mass is 9.95. The van der Waals surface area contributed by atoms with E-state index in [1.165, 1.54) is 21.2 Å². The van der Waals surface area contributed by atoms with Crippen LogP contribution in [0, 0.1) is 32.5 Å². The van der Waals surface area contributed by atoms with Gasteiger partial charge >= 0.3 is 0 Å².